The van der Waals surface area contributed by atoms with Crippen LogP contribution in [0.15, 0.2) is 10.7 Å². The molecule has 1 rings (SSSR count). The minimum absolute atomic E-state index is 0.310. The molecule has 68 valence electrons. The second-order valence-electron chi connectivity index (χ2n) is 2.27. The molecule has 0 fully saturated rings. The first-order chi connectivity index (χ1) is 5.38. The van der Waals surface area contributed by atoms with Gasteiger partial charge in [-0.15, -0.1) is 3.89 Å². The molecule has 0 atom stereocenters. The smallest absolute Gasteiger partial charge is 0.270 e. The molecule has 0 bridgehead atoms. The Bertz CT molecular complexity index is 386. The summed E-state index contributed by atoms with van der Waals surface area (Å²) >= 11 is 3.04. The lowest BCUT2D eigenvalue weighted by molar-refractivity contribution is 0.548. The van der Waals surface area contributed by atoms with E-state index in [1.54, 1.807) is 7.05 Å². The maximum absolute atomic E-state index is 12.2. The topological polar surface area (TPSA) is 52.0 Å². The van der Waals surface area contributed by atoms with Gasteiger partial charge in [0, 0.05) is 7.05 Å². The molecule has 1 aromatic rings. The van der Waals surface area contributed by atoms with Crippen molar-refractivity contribution in [1.82, 2.24) is 9.78 Å². The molecule has 4 nitrogen and oxygen atoms in total. The summed E-state index contributed by atoms with van der Waals surface area (Å²) in [6, 6.07) is 1.46. The van der Waals surface area contributed by atoms with Crippen LogP contribution in [0.5, 0.6) is 0 Å². The van der Waals surface area contributed by atoms with E-state index in [-0.39, 0.29) is 0 Å². The highest BCUT2D eigenvalue weighted by atomic mass is 79.9. The Kier molecular flexibility index (Phi) is 2.52. The number of hydrogen-bond acceptors (Lipinski definition) is 3. The summed E-state index contributed by atoms with van der Waals surface area (Å²) in [5.74, 6) is -0.637. The van der Waals surface area contributed by atoms with E-state index < -0.39 is 16.0 Å². The maximum atomic E-state index is 12.2. The van der Waals surface area contributed by atoms with Crippen molar-refractivity contribution in [3.8, 4) is 0 Å². The van der Waals surface area contributed by atoms with Crippen molar-refractivity contribution >= 4 is 26.2 Å². The number of aryl methyl sites for hydroxylation is 1. The van der Waals surface area contributed by atoms with Gasteiger partial charge < -0.3 is 0 Å². The minimum atomic E-state index is -4.47. The molecule has 0 aliphatic carbocycles. The molecule has 12 heavy (non-hydrogen) atoms. The highest BCUT2D eigenvalue weighted by molar-refractivity contribution is 9.10. The summed E-state index contributed by atoms with van der Waals surface area (Å²) in [4.78, 5) is 0. The summed E-state index contributed by atoms with van der Waals surface area (Å²) in [5, 5.41) is 3.80. The zero-order valence-electron chi connectivity index (χ0n) is 6.16. The average Bonchev–Trinajstić information content (AvgIpc) is 2.06. The maximum Gasteiger partial charge on any atom is 0.308 e. The SMILES string of the molecule is Cn1nc(Br)cc1CS(=O)(=O)F. The van der Waals surface area contributed by atoms with Crippen molar-refractivity contribution in [3.05, 3.63) is 16.4 Å². The highest BCUT2D eigenvalue weighted by Crippen LogP contribution is 2.12. The van der Waals surface area contributed by atoms with Crippen LogP contribution in [-0.2, 0) is 23.0 Å². The predicted molar refractivity (Wildman–Crippen MR) is 44.6 cm³/mol. The zero-order chi connectivity index (χ0) is 9.35. The van der Waals surface area contributed by atoms with E-state index in [1.807, 2.05) is 0 Å². The molecule has 0 amide bonds. The lowest BCUT2D eigenvalue weighted by Crippen LogP contribution is -2.03. The molecular formula is C5H6BrFN2O2S. The molecule has 0 aromatic carbocycles. The third-order valence-electron chi connectivity index (χ3n) is 1.27. The van der Waals surface area contributed by atoms with Crippen molar-refractivity contribution in [3.63, 3.8) is 0 Å². The van der Waals surface area contributed by atoms with Gasteiger partial charge in [-0.3, -0.25) is 4.68 Å². The van der Waals surface area contributed by atoms with E-state index in [2.05, 4.69) is 21.0 Å². The molecule has 7 heteroatoms. The summed E-state index contributed by atoms with van der Waals surface area (Å²) < 4.78 is 34.5. The molecule has 0 spiro atoms. The van der Waals surface area contributed by atoms with Crippen LogP contribution in [0.25, 0.3) is 0 Å². The largest absolute Gasteiger partial charge is 0.308 e. The van der Waals surface area contributed by atoms with E-state index in [9.17, 15) is 12.3 Å². The van der Waals surface area contributed by atoms with Gasteiger partial charge in [-0.1, -0.05) is 0 Å². The Morgan fingerprint density at radius 3 is 2.67 bits per heavy atom. The van der Waals surface area contributed by atoms with Crippen molar-refractivity contribution in [1.29, 1.82) is 0 Å². The van der Waals surface area contributed by atoms with Crippen molar-refractivity contribution in [2.24, 2.45) is 7.05 Å². The summed E-state index contributed by atoms with van der Waals surface area (Å²) in [6.45, 7) is 0. The molecule has 0 aliphatic rings. The van der Waals surface area contributed by atoms with Gasteiger partial charge in [0.15, 0.2) is 0 Å². The van der Waals surface area contributed by atoms with E-state index in [1.165, 1.54) is 10.7 Å². The molecule has 0 radical (unpaired) electrons. The van der Waals surface area contributed by atoms with Gasteiger partial charge in [0.2, 0.25) is 0 Å². The van der Waals surface area contributed by atoms with Gasteiger partial charge in [-0.05, 0) is 22.0 Å². The lowest BCUT2D eigenvalue weighted by atomic mass is 10.5. The summed E-state index contributed by atoms with van der Waals surface area (Å²) in [7, 11) is -2.92. The monoisotopic (exact) mass is 256 g/mol. The molecular weight excluding hydrogens is 251 g/mol. The predicted octanol–water partition coefficient (Wildman–Crippen LogP) is 0.982. The van der Waals surface area contributed by atoms with Crippen molar-refractivity contribution in [2.45, 2.75) is 5.75 Å². The molecule has 0 unspecified atom stereocenters. The minimum Gasteiger partial charge on any atom is -0.270 e. The van der Waals surface area contributed by atoms with Gasteiger partial charge >= 0.3 is 10.2 Å². The van der Waals surface area contributed by atoms with Crippen LogP contribution in [0.2, 0.25) is 0 Å². The van der Waals surface area contributed by atoms with Crippen LogP contribution in [-0.4, -0.2) is 18.2 Å². The van der Waals surface area contributed by atoms with Crippen LogP contribution in [0.1, 0.15) is 5.69 Å². The summed E-state index contributed by atoms with van der Waals surface area (Å²) in [6.07, 6.45) is 0. The number of aromatic nitrogens is 2. The molecule has 1 aromatic heterocycles. The van der Waals surface area contributed by atoms with Crippen LogP contribution >= 0.6 is 15.9 Å². The van der Waals surface area contributed by atoms with E-state index >= 15 is 0 Å². The van der Waals surface area contributed by atoms with E-state index in [4.69, 9.17) is 0 Å². The third-order valence-corrected chi connectivity index (χ3v) is 2.30. The van der Waals surface area contributed by atoms with Crippen molar-refractivity contribution in [2.75, 3.05) is 0 Å². The number of halogens is 2. The first kappa shape index (κ1) is 9.66. The Labute approximate surface area is 77.7 Å². The fourth-order valence-corrected chi connectivity index (χ4v) is 1.90. The Morgan fingerprint density at radius 2 is 2.33 bits per heavy atom. The van der Waals surface area contributed by atoms with Gasteiger partial charge in [0.1, 0.15) is 10.4 Å². The Hall–Kier alpha value is -0.430. The first-order valence-electron chi connectivity index (χ1n) is 2.99. The van der Waals surface area contributed by atoms with Crippen LogP contribution in [0, 0.1) is 0 Å². The lowest BCUT2D eigenvalue weighted by Gasteiger charge is -1.95. The second-order valence-corrected chi connectivity index (χ2v) is 4.44. The van der Waals surface area contributed by atoms with Crippen LogP contribution in [0.4, 0.5) is 3.89 Å². The first-order valence-corrected chi connectivity index (χ1v) is 5.34. The van der Waals surface area contributed by atoms with Crippen LogP contribution < -0.4 is 0 Å². The molecule has 0 saturated carbocycles. The quantitative estimate of drug-likeness (QED) is 0.742. The molecule has 0 N–H and O–H groups in total. The Balaban J connectivity index is 2.97. The fourth-order valence-electron chi connectivity index (χ4n) is 0.779. The van der Waals surface area contributed by atoms with Gasteiger partial charge in [0.25, 0.3) is 0 Å². The fraction of sp³-hybridized carbons (Fsp3) is 0.400. The van der Waals surface area contributed by atoms with E-state index in [0.29, 0.717) is 10.3 Å². The summed E-state index contributed by atoms with van der Waals surface area (Å²) in [5.41, 5.74) is 0.310. The van der Waals surface area contributed by atoms with Crippen molar-refractivity contribution < 1.29 is 12.3 Å². The zero-order valence-corrected chi connectivity index (χ0v) is 8.56. The van der Waals surface area contributed by atoms with Gasteiger partial charge in [0.05, 0.1) is 5.69 Å². The number of hydrogen-bond donors (Lipinski definition) is 0. The normalized spacial score (nSPS) is 11.9. The van der Waals surface area contributed by atoms with Gasteiger partial charge in [-0.25, -0.2) is 0 Å². The molecule has 0 saturated heterocycles. The molecule has 1 heterocycles. The molecule has 0 aliphatic heterocycles. The number of nitrogens with zero attached hydrogens (tertiary/aromatic N) is 2. The van der Waals surface area contributed by atoms with E-state index in [0.717, 1.165) is 0 Å². The standard InChI is InChI=1S/C5H6BrFN2O2S/c1-9-4(2-5(6)8-9)3-12(7,10)11/h2H,3H2,1H3. The van der Waals surface area contributed by atoms with Crippen LogP contribution in [0.3, 0.4) is 0 Å². The number of rotatable bonds is 2. The second kappa shape index (κ2) is 3.14. The average molecular weight is 257 g/mol. The third kappa shape index (κ3) is 2.56. The van der Waals surface area contributed by atoms with Gasteiger partial charge in [-0.2, -0.15) is 13.5 Å². The highest BCUT2D eigenvalue weighted by Gasteiger charge is 2.12. The Morgan fingerprint density at radius 1 is 1.75 bits per heavy atom.